The van der Waals surface area contributed by atoms with Gasteiger partial charge >= 0.3 is 0 Å². The van der Waals surface area contributed by atoms with Gasteiger partial charge < -0.3 is 9.47 Å². The third kappa shape index (κ3) is 3.99. The van der Waals surface area contributed by atoms with E-state index in [1.807, 2.05) is 24.3 Å². The van der Waals surface area contributed by atoms with Gasteiger partial charge in [0.2, 0.25) is 0 Å². The first-order valence-electron chi connectivity index (χ1n) is 11.5. The molecular weight excluding hydrogens is 404 g/mol. The van der Waals surface area contributed by atoms with Crippen LogP contribution in [0.25, 0.3) is 0 Å². The number of fused-ring (bicyclic) bond motifs is 2. The summed E-state index contributed by atoms with van der Waals surface area (Å²) in [7, 11) is 3.15. The average molecular weight is 437 g/mol. The molecule has 0 unspecified atom stereocenters. The van der Waals surface area contributed by atoms with Crippen molar-refractivity contribution in [2.75, 3.05) is 27.3 Å². The van der Waals surface area contributed by atoms with Crippen molar-refractivity contribution < 1.29 is 19.1 Å². The van der Waals surface area contributed by atoms with Gasteiger partial charge in [-0.1, -0.05) is 19.9 Å². The van der Waals surface area contributed by atoms with Crippen LogP contribution in [0.4, 0.5) is 0 Å². The van der Waals surface area contributed by atoms with E-state index in [2.05, 4.69) is 18.7 Å². The van der Waals surface area contributed by atoms with E-state index in [0.29, 0.717) is 28.7 Å². The van der Waals surface area contributed by atoms with E-state index >= 15 is 0 Å². The minimum absolute atomic E-state index is 0.209. The van der Waals surface area contributed by atoms with Crippen LogP contribution in [0.15, 0.2) is 30.3 Å². The largest absolute Gasteiger partial charge is 0.493 e. The number of benzene rings is 2. The molecule has 2 aromatic rings. The molecule has 0 atom stereocenters. The highest BCUT2D eigenvalue weighted by Gasteiger charge is 2.38. The SMILES string of the molecule is CCCN(CCC)C1Cc2cc3c(cc2C1)C(=O)N(Cc1ccc(OC)c(OC)c1)C3=O. The molecule has 2 aromatic carbocycles. The predicted molar refractivity (Wildman–Crippen MR) is 124 cm³/mol. The summed E-state index contributed by atoms with van der Waals surface area (Å²) in [6.45, 7) is 6.81. The molecule has 1 heterocycles. The Morgan fingerprint density at radius 2 is 1.44 bits per heavy atom. The molecule has 4 rings (SSSR count). The fourth-order valence-electron chi connectivity index (χ4n) is 5.00. The second-order valence-electron chi connectivity index (χ2n) is 8.65. The third-order valence-corrected chi connectivity index (χ3v) is 6.53. The number of methoxy groups -OCH3 is 2. The zero-order chi connectivity index (χ0) is 22.8. The van der Waals surface area contributed by atoms with Crippen molar-refractivity contribution in [1.29, 1.82) is 0 Å². The average Bonchev–Trinajstić information content (AvgIpc) is 3.32. The Hall–Kier alpha value is -2.86. The zero-order valence-electron chi connectivity index (χ0n) is 19.4. The van der Waals surface area contributed by atoms with Crippen LogP contribution in [0.5, 0.6) is 11.5 Å². The summed E-state index contributed by atoms with van der Waals surface area (Å²) >= 11 is 0. The fourth-order valence-corrected chi connectivity index (χ4v) is 5.00. The zero-order valence-corrected chi connectivity index (χ0v) is 19.4. The molecule has 6 heteroatoms. The van der Waals surface area contributed by atoms with E-state index in [-0.39, 0.29) is 18.4 Å². The maximum Gasteiger partial charge on any atom is 0.261 e. The molecular formula is C26H32N2O4. The molecule has 0 fully saturated rings. The van der Waals surface area contributed by atoms with Gasteiger partial charge in [-0.15, -0.1) is 0 Å². The lowest BCUT2D eigenvalue weighted by Crippen LogP contribution is -2.37. The maximum atomic E-state index is 13.1. The number of hydrogen-bond acceptors (Lipinski definition) is 5. The molecule has 0 spiro atoms. The second-order valence-corrected chi connectivity index (χ2v) is 8.65. The Morgan fingerprint density at radius 3 is 1.94 bits per heavy atom. The van der Waals surface area contributed by atoms with Gasteiger partial charge in [0, 0.05) is 6.04 Å². The van der Waals surface area contributed by atoms with Crippen LogP contribution in [0.2, 0.25) is 0 Å². The van der Waals surface area contributed by atoms with Gasteiger partial charge in [-0.3, -0.25) is 19.4 Å². The van der Waals surface area contributed by atoms with E-state index in [0.717, 1.165) is 44.3 Å². The van der Waals surface area contributed by atoms with E-state index in [1.54, 1.807) is 20.3 Å². The molecule has 2 amide bonds. The lowest BCUT2D eigenvalue weighted by molar-refractivity contribution is 0.0642. The Kier molecular flexibility index (Phi) is 6.51. The third-order valence-electron chi connectivity index (χ3n) is 6.53. The summed E-state index contributed by atoms with van der Waals surface area (Å²) < 4.78 is 10.6. The lowest BCUT2D eigenvalue weighted by atomic mass is 10.0. The molecule has 6 nitrogen and oxygen atoms in total. The van der Waals surface area contributed by atoms with Crippen molar-refractivity contribution in [2.24, 2.45) is 0 Å². The van der Waals surface area contributed by atoms with Crippen LogP contribution in [0.1, 0.15) is 64.1 Å². The minimum atomic E-state index is -0.218. The highest BCUT2D eigenvalue weighted by atomic mass is 16.5. The molecule has 170 valence electrons. The molecule has 0 radical (unpaired) electrons. The Labute approximate surface area is 190 Å². The maximum absolute atomic E-state index is 13.1. The van der Waals surface area contributed by atoms with E-state index in [9.17, 15) is 9.59 Å². The number of nitrogens with zero attached hydrogens (tertiary/aromatic N) is 2. The summed E-state index contributed by atoms with van der Waals surface area (Å²) in [5.74, 6) is 0.759. The van der Waals surface area contributed by atoms with Crippen LogP contribution in [0, 0.1) is 0 Å². The number of carbonyl (C=O) groups is 2. The number of hydrogen-bond donors (Lipinski definition) is 0. The standard InChI is InChI=1S/C26H32N2O4/c1-5-9-27(10-6-2)20-12-18-14-21-22(15-19(18)13-20)26(30)28(25(21)29)16-17-7-8-23(31-3)24(11-17)32-4/h7-8,11,14-15,20H,5-6,9-10,12-13,16H2,1-4H3. The molecule has 2 aliphatic rings. The Bertz CT molecular complexity index is 982. The van der Waals surface area contributed by atoms with Gasteiger partial charge in [0.15, 0.2) is 11.5 Å². The highest BCUT2D eigenvalue weighted by Crippen LogP contribution is 2.34. The minimum Gasteiger partial charge on any atom is -0.493 e. The first-order chi connectivity index (χ1) is 15.5. The van der Waals surface area contributed by atoms with Gasteiger partial charge in [0.1, 0.15) is 0 Å². The van der Waals surface area contributed by atoms with Gasteiger partial charge in [0.05, 0.1) is 31.9 Å². The topological polar surface area (TPSA) is 59.1 Å². The van der Waals surface area contributed by atoms with E-state index in [1.165, 1.54) is 16.0 Å². The molecule has 0 aromatic heterocycles. The van der Waals surface area contributed by atoms with Crippen molar-refractivity contribution in [3.63, 3.8) is 0 Å². The molecule has 0 N–H and O–H groups in total. The van der Waals surface area contributed by atoms with Gasteiger partial charge in [-0.25, -0.2) is 0 Å². The highest BCUT2D eigenvalue weighted by molar-refractivity contribution is 6.21. The summed E-state index contributed by atoms with van der Waals surface area (Å²) in [4.78, 5) is 30.2. The molecule has 0 saturated heterocycles. The number of imide groups is 1. The summed E-state index contributed by atoms with van der Waals surface area (Å²) in [6.07, 6.45) is 4.15. The fraction of sp³-hybridized carbons (Fsp3) is 0.462. The van der Waals surface area contributed by atoms with Gasteiger partial charge in [0.25, 0.3) is 11.8 Å². The number of ether oxygens (including phenoxy) is 2. The Balaban J connectivity index is 1.54. The van der Waals surface area contributed by atoms with Crippen molar-refractivity contribution >= 4 is 11.8 Å². The van der Waals surface area contributed by atoms with E-state index in [4.69, 9.17) is 9.47 Å². The molecule has 1 aliphatic carbocycles. The molecule has 0 saturated carbocycles. The van der Waals surface area contributed by atoms with Gasteiger partial charge in [-0.2, -0.15) is 0 Å². The summed E-state index contributed by atoms with van der Waals surface area (Å²) in [5, 5.41) is 0. The molecule has 0 bridgehead atoms. The summed E-state index contributed by atoms with van der Waals surface area (Å²) in [5.41, 5.74) is 4.31. The van der Waals surface area contributed by atoms with Crippen LogP contribution < -0.4 is 9.47 Å². The molecule has 32 heavy (non-hydrogen) atoms. The van der Waals surface area contributed by atoms with Crippen molar-refractivity contribution in [3.8, 4) is 11.5 Å². The number of carbonyl (C=O) groups excluding carboxylic acids is 2. The van der Waals surface area contributed by atoms with Crippen LogP contribution in [0.3, 0.4) is 0 Å². The monoisotopic (exact) mass is 436 g/mol. The van der Waals surface area contributed by atoms with E-state index < -0.39 is 0 Å². The molecule has 1 aliphatic heterocycles. The van der Waals surface area contributed by atoms with Crippen LogP contribution in [-0.2, 0) is 19.4 Å². The second kappa shape index (κ2) is 9.33. The van der Waals surface area contributed by atoms with Crippen molar-refractivity contribution in [2.45, 2.75) is 52.1 Å². The number of amides is 2. The van der Waals surface area contributed by atoms with Crippen LogP contribution >= 0.6 is 0 Å². The summed E-state index contributed by atoms with van der Waals surface area (Å²) in [6, 6.07) is 9.85. The number of rotatable bonds is 9. The normalized spacial score (nSPS) is 15.5. The van der Waals surface area contributed by atoms with Gasteiger partial charge in [-0.05, 0) is 79.7 Å². The Morgan fingerprint density at radius 1 is 0.875 bits per heavy atom. The quantitative estimate of drug-likeness (QED) is 0.554. The smallest absolute Gasteiger partial charge is 0.261 e. The first kappa shape index (κ1) is 22.3. The van der Waals surface area contributed by atoms with Crippen LogP contribution in [-0.4, -0.2) is 55.0 Å². The predicted octanol–water partition coefficient (Wildman–Crippen LogP) is 4.09. The van der Waals surface area contributed by atoms with Crippen molar-refractivity contribution in [1.82, 2.24) is 9.80 Å². The lowest BCUT2D eigenvalue weighted by Gasteiger charge is -2.27. The first-order valence-corrected chi connectivity index (χ1v) is 11.5. The van der Waals surface area contributed by atoms with Crippen molar-refractivity contribution in [3.05, 3.63) is 58.1 Å².